The Hall–Kier alpha value is -2.18. The molecular formula is C18H20N2O3S. The number of fused-ring (bicyclic) bond motifs is 1. The number of hydrogen-bond acceptors (Lipinski definition) is 5. The Morgan fingerprint density at radius 3 is 2.75 bits per heavy atom. The summed E-state index contributed by atoms with van der Waals surface area (Å²) in [5.74, 6) is 1.48. The monoisotopic (exact) mass is 344 g/mol. The molecule has 0 aliphatic rings. The van der Waals surface area contributed by atoms with Crippen LogP contribution < -0.4 is 10.3 Å². The maximum atomic E-state index is 13.1. The molecule has 0 aliphatic heterocycles. The number of benzene rings is 1. The zero-order valence-electron chi connectivity index (χ0n) is 14.3. The third-order valence-corrected chi connectivity index (χ3v) is 5.06. The van der Waals surface area contributed by atoms with Crippen molar-refractivity contribution >= 4 is 21.6 Å². The van der Waals surface area contributed by atoms with Crippen molar-refractivity contribution in [2.45, 2.75) is 20.4 Å². The van der Waals surface area contributed by atoms with Crippen LogP contribution in [-0.4, -0.2) is 30.4 Å². The van der Waals surface area contributed by atoms with Gasteiger partial charge in [-0.1, -0.05) is 12.1 Å². The van der Waals surface area contributed by atoms with E-state index in [-0.39, 0.29) is 5.56 Å². The molecule has 0 N–H and O–H groups in total. The van der Waals surface area contributed by atoms with Gasteiger partial charge in [-0.05, 0) is 31.5 Å². The van der Waals surface area contributed by atoms with Crippen molar-refractivity contribution in [1.82, 2.24) is 9.55 Å². The first kappa shape index (κ1) is 16.7. The average molecular weight is 344 g/mol. The summed E-state index contributed by atoms with van der Waals surface area (Å²) in [7, 11) is 3.27. The fourth-order valence-electron chi connectivity index (χ4n) is 2.87. The number of thiophene rings is 1. The first-order valence-corrected chi connectivity index (χ1v) is 8.52. The molecule has 0 fully saturated rings. The quantitative estimate of drug-likeness (QED) is 0.712. The van der Waals surface area contributed by atoms with Gasteiger partial charge in [-0.25, -0.2) is 4.98 Å². The van der Waals surface area contributed by atoms with E-state index in [2.05, 4.69) is 4.98 Å². The highest BCUT2D eigenvalue weighted by molar-refractivity contribution is 7.19. The predicted molar refractivity (Wildman–Crippen MR) is 97.2 cm³/mol. The van der Waals surface area contributed by atoms with Gasteiger partial charge in [0.05, 0.1) is 25.6 Å². The second-order valence-electron chi connectivity index (χ2n) is 5.55. The molecule has 0 unspecified atom stereocenters. The van der Waals surface area contributed by atoms with E-state index in [0.29, 0.717) is 24.4 Å². The normalized spacial score (nSPS) is 11.2. The Labute approximate surface area is 144 Å². The van der Waals surface area contributed by atoms with Gasteiger partial charge in [-0.15, -0.1) is 11.3 Å². The Bertz CT molecular complexity index is 943. The van der Waals surface area contributed by atoms with Crippen LogP contribution in [0.1, 0.15) is 10.7 Å². The van der Waals surface area contributed by atoms with Crippen LogP contribution >= 0.6 is 11.3 Å². The number of hydrogen-bond donors (Lipinski definition) is 0. The molecule has 126 valence electrons. The first-order chi connectivity index (χ1) is 11.6. The molecule has 0 amide bonds. The second kappa shape index (κ2) is 6.75. The highest BCUT2D eigenvalue weighted by Crippen LogP contribution is 2.36. The SMILES string of the molecule is COCCn1c(C)nc2sc(C)c(-c3cccc(OC)c3)c2c1=O. The van der Waals surface area contributed by atoms with Crippen LogP contribution in [0.15, 0.2) is 29.1 Å². The Morgan fingerprint density at radius 1 is 1.25 bits per heavy atom. The Balaban J connectivity index is 2.28. The molecule has 0 atom stereocenters. The van der Waals surface area contributed by atoms with Crippen LogP contribution in [0.25, 0.3) is 21.3 Å². The van der Waals surface area contributed by atoms with Gasteiger partial charge < -0.3 is 9.47 Å². The summed E-state index contributed by atoms with van der Waals surface area (Å²) in [4.78, 5) is 19.5. The van der Waals surface area contributed by atoms with Crippen molar-refractivity contribution in [3.05, 3.63) is 45.3 Å². The molecule has 0 radical (unpaired) electrons. The molecule has 24 heavy (non-hydrogen) atoms. The topological polar surface area (TPSA) is 53.4 Å². The smallest absolute Gasteiger partial charge is 0.262 e. The van der Waals surface area contributed by atoms with Gasteiger partial charge in [0.15, 0.2) is 0 Å². The lowest BCUT2D eigenvalue weighted by molar-refractivity contribution is 0.185. The summed E-state index contributed by atoms with van der Waals surface area (Å²) >= 11 is 1.55. The highest BCUT2D eigenvalue weighted by Gasteiger charge is 2.18. The maximum Gasteiger partial charge on any atom is 0.262 e. The maximum absolute atomic E-state index is 13.1. The summed E-state index contributed by atoms with van der Waals surface area (Å²) in [5.41, 5.74) is 1.90. The zero-order chi connectivity index (χ0) is 17.3. The zero-order valence-corrected chi connectivity index (χ0v) is 15.1. The molecule has 3 rings (SSSR count). The van der Waals surface area contributed by atoms with Gasteiger partial charge in [0.2, 0.25) is 0 Å². The van der Waals surface area contributed by atoms with Gasteiger partial charge >= 0.3 is 0 Å². The van der Waals surface area contributed by atoms with Gasteiger partial charge in [-0.2, -0.15) is 0 Å². The van der Waals surface area contributed by atoms with Gasteiger partial charge in [0.1, 0.15) is 16.4 Å². The van der Waals surface area contributed by atoms with E-state index in [4.69, 9.17) is 9.47 Å². The lowest BCUT2D eigenvalue weighted by Gasteiger charge is -2.10. The molecule has 0 saturated carbocycles. The standard InChI is InChI=1S/C18H20N2O3S/c1-11-15(13-6-5-7-14(10-13)23-4)16-17(24-11)19-12(2)20(18(16)21)8-9-22-3/h5-7,10H,8-9H2,1-4H3. The van der Waals surface area contributed by atoms with Crippen LogP contribution in [0.3, 0.4) is 0 Å². The van der Waals surface area contributed by atoms with E-state index >= 15 is 0 Å². The molecule has 5 nitrogen and oxygen atoms in total. The van der Waals surface area contributed by atoms with E-state index < -0.39 is 0 Å². The largest absolute Gasteiger partial charge is 0.497 e. The van der Waals surface area contributed by atoms with E-state index in [1.165, 1.54) is 0 Å². The third kappa shape index (κ3) is 2.83. The summed E-state index contributed by atoms with van der Waals surface area (Å²) in [5, 5.41) is 0.674. The van der Waals surface area contributed by atoms with Crippen LogP contribution in [-0.2, 0) is 11.3 Å². The van der Waals surface area contributed by atoms with Crippen molar-refractivity contribution < 1.29 is 9.47 Å². The van der Waals surface area contributed by atoms with Crippen molar-refractivity contribution in [1.29, 1.82) is 0 Å². The van der Waals surface area contributed by atoms with Gasteiger partial charge in [0, 0.05) is 17.6 Å². The highest BCUT2D eigenvalue weighted by atomic mass is 32.1. The van der Waals surface area contributed by atoms with Gasteiger partial charge in [0.25, 0.3) is 5.56 Å². The molecule has 3 aromatic rings. The van der Waals surface area contributed by atoms with Crippen molar-refractivity contribution in [3.8, 4) is 16.9 Å². The van der Waals surface area contributed by atoms with Gasteiger partial charge in [-0.3, -0.25) is 9.36 Å². The lowest BCUT2D eigenvalue weighted by atomic mass is 10.0. The van der Waals surface area contributed by atoms with Crippen LogP contribution in [0.5, 0.6) is 5.75 Å². The Kier molecular flexibility index (Phi) is 4.69. The van der Waals surface area contributed by atoms with E-state index in [9.17, 15) is 4.79 Å². The number of aromatic nitrogens is 2. The minimum absolute atomic E-state index is 0.0169. The molecule has 0 bridgehead atoms. The number of rotatable bonds is 5. The molecule has 0 spiro atoms. The second-order valence-corrected chi connectivity index (χ2v) is 6.76. The third-order valence-electron chi connectivity index (χ3n) is 4.06. The minimum atomic E-state index is -0.0169. The predicted octanol–water partition coefficient (Wildman–Crippen LogP) is 3.40. The lowest BCUT2D eigenvalue weighted by Crippen LogP contribution is -2.25. The van der Waals surface area contributed by atoms with E-state index in [0.717, 1.165) is 26.6 Å². The summed E-state index contributed by atoms with van der Waals surface area (Å²) in [6, 6.07) is 7.78. The molecule has 0 saturated heterocycles. The molecule has 1 aromatic carbocycles. The van der Waals surface area contributed by atoms with Crippen LogP contribution in [0, 0.1) is 13.8 Å². The fraction of sp³-hybridized carbons (Fsp3) is 0.333. The first-order valence-electron chi connectivity index (χ1n) is 7.70. The summed E-state index contributed by atoms with van der Waals surface area (Å²) < 4.78 is 12.1. The summed E-state index contributed by atoms with van der Waals surface area (Å²) in [6.45, 7) is 4.86. The van der Waals surface area contributed by atoms with Crippen LogP contribution in [0.4, 0.5) is 0 Å². The summed E-state index contributed by atoms with van der Waals surface area (Å²) in [6.07, 6.45) is 0. The minimum Gasteiger partial charge on any atom is -0.497 e. The van der Waals surface area contributed by atoms with E-state index in [1.54, 1.807) is 30.1 Å². The molecule has 0 aliphatic carbocycles. The average Bonchev–Trinajstić information content (AvgIpc) is 2.90. The Morgan fingerprint density at radius 2 is 2.04 bits per heavy atom. The molecular weight excluding hydrogens is 324 g/mol. The number of aryl methyl sites for hydroxylation is 2. The van der Waals surface area contributed by atoms with E-state index in [1.807, 2.05) is 38.1 Å². The fourth-order valence-corrected chi connectivity index (χ4v) is 3.95. The van der Waals surface area contributed by atoms with Crippen molar-refractivity contribution in [3.63, 3.8) is 0 Å². The van der Waals surface area contributed by atoms with Crippen LogP contribution in [0.2, 0.25) is 0 Å². The number of nitrogens with zero attached hydrogens (tertiary/aromatic N) is 2. The number of ether oxygens (including phenoxy) is 2. The van der Waals surface area contributed by atoms with Crippen molar-refractivity contribution in [2.75, 3.05) is 20.8 Å². The molecule has 2 aromatic heterocycles. The molecule has 2 heterocycles. The van der Waals surface area contributed by atoms with Crippen molar-refractivity contribution in [2.24, 2.45) is 0 Å². The number of methoxy groups -OCH3 is 2. The molecule has 6 heteroatoms.